The highest BCUT2D eigenvalue weighted by Gasteiger charge is 2.25. The van der Waals surface area contributed by atoms with Crippen molar-refractivity contribution in [3.8, 4) is 0 Å². The molecule has 2 saturated heterocycles. The fourth-order valence-electron chi connectivity index (χ4n) is 3.60. The van der Waals surface area contributed by atoms with Gasteiger partial charge in [0.15, 0.2) is 0 Å². The van der Waals surface area contributed by atoms with Crippen LogP contribution in [0, 0.1) is 5.92 Å². The highest BCUT2D eigenvalue weighted by molar-refractivity contribution is 4.84. The molecule has 0 spiro atoms. The lowest BCUT2D eigenvalue weighted by atomic mass is 9.90. The van der Waals surface area contributed by atoms with E-state index in [1.807, 2.05) is 0 Å². The Bertz CT molecular complexity index is 244. The Labute approximate surface area is 113 Å². The number of likely N-dealkylation sites (N-methyl/N-ethyl adjacent to an activating group) is 2. The molecule has 0 aromatic heterocycles. The van der Waals surface area contributed by atoms with E-state index in [9.17, 15) is 0 Å². The zero-order chi connectivity index (χ0) is 13.0. The first kappa shape index (κ1) is 14.3. The maximum atomic E-state index is 3.71. The molecule has 2 aliphatic heterocycles. The topological polar surface area (TPSA) is 18.5 Å². The van der Waals surface area contributed by atoms with Crippen molar-refractivity contribution in [3.05, 3.63) is 0 Å². The largest absolute Gasteiger partial charge is 0.313 e. The molecule has 0 aliphatic carbocycles. The van der Waals surface area contributed by atoms with Crippen molar-refractivity contribution in [2.75, 3.05) is 40.3 Å². The van der Waals surface area contributed by atoms with E-state index in [0.717, 1.165) is 18.0 Å². The van der Waals surface area contributed by atoms with Crippen molar-refractivity contribution < 1.29 is 0 Å². The summed E-state index contributed by atoms with van der Waals surface area (Å²) in [6.07, 6.45) is 6.85. The molecule has 3 unspecified atom stereocenters. The van der Waals surface area contributed by atoms with E-state index < -0.39 is 0 Å². The van der Waals surface area contributed by atoms with Crippen molar-refractivity contribution in [1.29, 1.82) is 0 Å². The van der Waals surface area contributed by atoms with E-state index in [4.69, 9.17) is 0 Å². The zero-order valence-electron chi connectivity index (χ0n) is 12.5. The lowest BCUT2D eigenvalue weighted by Crippen LogP contribution is -2.51. The van der Waals surface area contributed by atoms with Crippen molar-refractivity contribution in [3.63, 3.8) is 0 Å². The van der Waals surface area contributed by atoms with Crippen LogP contribution in [0.4, 0.5) is 0 Å². The number of piperidine rings is 2. The third kappa shape index (κ3) is 3.94. The first-order chi connectivity index (χ1) is 8.69. The van der Waals surface area contributed by atoms with E-state index in [0.29, 0.717) is 0 Å². The van der Waals surface area contributed by atoms with Crippen molar-refractivity contribution >= 4 is 0 Å². The lowest BCUT2D eigenvalue weighted by molar-refractivity contribution is 0.116. The summed E-state index contributed by atoms with van der Waals surface area (Å²) < 4.78 is 0. The summed E-state index contributed by atoms with van der Waals surface area (Å²) in [6, 6.07) is 1.49. The first-order valence-corrected chi connectivity index (χ1v) is 7.81. The van der Waals surface area contributed by atoms with Crippen LogP contribution in [0.5, 0.6) is 0 Å². The molecule has 0 amide bonds. The highest BCUT2D eigenvalue weighted by atomic mass is 15.2. The van der Waals surface area contributed by atoms with Gasteiger partial charge in [0.2, 0.25) is 0 Å². The van der Waals surface area contributed by atoms with Crippen LogP contribution in [0.25, 0.3) is 0 Å². The quantitative estimate of drug-likeness (QED) is 0.824. The van der Waals surface area contributed by atoms with Crippen LogP contribution >= 0.6 is 0 Å². The molecule has 3 nitrogen and oxygen atoms in total. The molecule has 1 N–H and O–H groups in total. The molecule has 0 aromatic carbocycles. The predicted octanol–water partition coefficient (Wildman–Crippen LogP) is 1.79. The minimum atomic E-state index is 0.723. The van der Waals surface area contributed by atoms with Crippen molar-refractivity contribution in [2.45, 2.75) is 51.1 Å². The fraction of sp³-hybridized carbons (Fsp3) is 1.00. The maximum Gasteiger partial charge on any atom is 0.0221 e. The van der Waals surface area contributed by atoms with Gasteiger partial charge in [-0.3, -0.25) is 0 Å². The lowest BCUT2D eigenvalue weighted by Gasteiger charge is -2.39. The Hall–Kier alpha value is -0.120. The number of rotatable bonds is 4. The number of hydrogen-bond acceptors (Lipinski definition) is 3. The van der Waals surface area contributed by atoms with Crippen LogP contribution in [0.1, 0.15) is 39.0 Å². The molecule has 0 saturated carbocycles. The maximum absolute atomic E-state index is 3.71. The third-order valence-electron chi connectivity index (χ3n) is 4.91. The van der Waals surface area contributed by atoms with Crippen LogP contribution < -0.4 is 5.32 Å². The van der Waals surface area contributed by atoms with Gasteiger partial charge in [-0.2, -0.15) is 0 Å². The molecule has 18 heavy (non-hydrogen) atoms. The molecule has 2 fully saturated rings. The van der Waals surface area contributed by atoms with Gasteiger partial charge in [-0.25, -0.2) is 0 Å². The normalized spacial score (nSPS) is 35.0. The van der Waals surface area contributed by atoms with Gasteiger partial charge in [0.1, 0.15) is 0 Å². The van der Waals surface area contributed by atoms with E-state index in [1.165, 1.54) is 58.3 Å². The molecule has 2 aliphatic rings. The molecule has 0 aromatic rings. The number of hydrogen-bond donors (Lipinski definition) is 1. The minimum absolute atomic E-state index is 0.723. The summed E-state index contributed by atoms with van der Waals surface area (Å²) >= 11 is 0. The van der Waals surface area contributed by atoms with Gasteiger partial charge in [0.05, 0.1) is 0 Å². The molecule has 3 heteroatoms. The Morgan fingerprint density at radius 1 is 1.33 bits per heavy atom. The van der Waals surface area contributed by atoms with Crippen LogP contribution in [0.3, 0.4) is 0 Å². The molecular formula is C15H31N3. The zero-order valence-corrected chi connectivity index (χ0v) is 12.5. The van der Waals surface area contributed by atoms with Crippen LogP contribution in [-0.2, 0) is 0 Å². The summed E-state index contributed by atoms with van der Waals surface area (Å²) in [6.45, 7) is 7.33. The Kier molecular flexibility index (Phi) is 5.46. The SMILES string of the molecule is CCC1CCNC(CN(C)C2CCCN(C)C2)C1. The second-order valence-electron chi connectivity index (χ2n) is 6.45. The van der Waals surface area contributed by atoms with Crippen molar-refractivity contribution in [1.82, 2.24) is 15.1 Å². The van der Waals surface area contributed by atoms with Gasteiger partial charge in [-0.15, -0.1) is 0 Å². The highest BCUT2D eigenvalue weighted by Crippen LogP contribution is 2.21. The number of likely N-dealkylation sites (tertiary alicyclic amines) is 1. The van der Waals surface area contributed by atoms with Gasteiger partial charge in [0, 0.05) is 25.2 Å². The van der Waals surface area contributed by atoms with E-state index in [-0.39, 0.29) is 0 Å². The van der Waals surface area contributed by atoms with Crippen LogP contribution in [-0.4, -0.2) is 62.2 Å². The van der Waals surface area contributed by atoms with Gasteiger partial charge in [-0.05, 0) is 58.8 Å². The Balaban J connectivity index is 1.77. The van der Waals surface area contributed by atoms with Crippen LogP contribution in [0.2, 0.25) is 0 Å². The second-order valence-corrected chi connectivity index (χ2v) is 6.45. The summed E-state index contributed by atoms with van der Waals surface area (Å²) in [5.74, 6) is 0.957. The van der Waals surface area contributed by atoms with Crippen molar-refractivity contribution in [2.24, 2.45) is 5.92 Å². The first-order valence-electron chi connectivity index (χ1n) is 7.81. The number of nitrogens with one attached hydrogen (secondary N) is 1. The molecule has 0 bridgehead atoms. The molecule has 3 atom stereocenters. The monoisotopic (exact) mass is 253 g/mol. The third-order valence-corrected chi connectivity index (χ3v) is 4.91. The standard InChI is InChI=1S/C15H31N3/c1-4-13-7-8-16-14(10-13)11-18(3)15-6-5-9-17(2)12-15/h13-16H,4-12H2,1-3H3. The van der Waals surface area contributed by atoms with Gasteiger partial charge in [0.25, 0.3) is 0 Å². The summed E-state index contributed by atoms with van der Waals surface area (Å²) in [4.78, 5) is 5.08. The molecule has 2 rings (SSSR count). The average molecular weight is 253 g/mol. The Morgan fingerprint density at radius 3 is 2.89 bits per heavy atom. The summed E-state index contributed by atoms with van der Waals surface area (Å²) in [7, 11) is 4.58. The van der Waals surface area contributed by atoms with Gasteiger partial charge >= 0.3 is 0 Å². The molecule has 2 heterocycles. The predicted molar refractivity (Wildman–Crippen MR) is 78.0 cm³/mol. The summed E-state index contributed by atoms with van der Waals surface area (Å²) in [5, 5.41) is 3.71. The summed E-state index contributed by atoms with van der Waals surface area (Å²) in [5.41, 5.74) is 0. The smallest absolute Gasteiger partial charge is 0.0221 e. The Morgan fingerprint density at radius 2 is 2.17 bits per heavy atom. The minimum Gasteiger partial charge on any atom is -0.313 e. The number of nitrogens with zero attached hydrogens (tertiary/aromatic N) is 2. The van der Waals surface area contributed by atoms with Gasteiger partial charge < -0.3 is 15.1 Å². The van der Waals surface area contributed by atoms with E-state index in [2.05, 4.69) is 36.1 Å². The van der Waals surface area contributed by atoms with E-state index >= 15 is 0 Å². The fourth-order valence-corrected chi connectivity index (χ4v) is 3.60. The van der Waals surface area contributed by atoms with Gasteiger partial charge in [-0.1, -0.05) is 13.3 Å². The molecule has 0 radical (unpaired) electrons. The van der Waals surface area contributed by atoms with Crippen LogP contribution in [0.15, 0.2) is 0 Å². The average Bonchev–Trinajstić information content (AvgIpc) is 2.39. The second kappa shape index (κ2) is 6.88. The van der Waals surface area contributed by atoms with E-state index in [1.54, 1.807) is 0 Å². The molecule has 106 valence electrons. The molecular weight excluding hydrogens is 222 g/mol.